The molecule has 3 aromatic rings. The molecule has 170 valence electrons. The van der Waals surface area contributed by atoms with Gasteiger partial charge in [-0.25, -0.2) is 15.0 Å². The van der Waals surface area contributed by atoms with Gasteiger partial charge in [0.2, 0.25) is 5.91 Å². The summed E-state index contributed by atoms with van der Waals surface area (Å²) < 4.78 is 2.00. The van der Waals surface area contributed by atoms with Crippen molar-refractivity contribution in [3.8, 4) is 0 Å². The third-order valence-electron chi connectivity index (χ3n) is 6.12. The first kappa shape index (κ1) is 22.5. The molecule has 4 rings (SSSR count). The van der Waals surface area contributed by atoms with Crippen LogP contribution >= 0.6 is 11.6 Å². The Morgan fingerprint density at radius 1 is 1.31 bits per heavy atom. The number of carbonyl (C=O) groups excluding carboxylic acids is 1. The van der Waals surface area contributed by atoms with Crippen molar-refractivity contribution < 1.29 is 9.90 Å². The molecule has 8 nitrogen and oxygen atoms in total. The van der Waals surface area contributed by atoms with Gasteiger partial charge >= 0.3 is 0 Å². The lowest BCUT2D eigenvalue weighted by molar-refractivity contribution is -0.133. The van der Waals surface area contributed by atoms with E-state index in [1.165, 1.54) is 0 Å². The Morgan fingerprint density at radius 2 is 2.12 bits per heavy atom. The lowest BCUT2D eigenvalue weighted by Crippen LogP contribution is -2.55. The quantitative estimate of drug-likeness (QED) is 0.613. The van der Waals surface area contributed by atoms with Crippen molar-refractivity contribution >= 4 is 34.4 Å². The predicted molar refractivity (Wildman–Crippen MR) is 125 cm³/mol. The average Bonchev–Trinajstić information content (AvgIpc) is 3.06. The number of aromatic nitrogens is 4. The highest BCUT2D eigenvalue weighted by Crippen LogP contribution is 2.26. The van der Waals surface area contributed by atoms with Gasteiger partial charge in [0.05, 0.1) is 23.2 Å². The maximum absolute atomic E-state index is 12.8. The summed E-state index contributed by atoms with van der Waals surface area (Å²) in [5.41, 5.74) is 1.73. The van der Waals surface area contributed by atoms with E-state index in [4.69, 9.17) is 11.6 Å². The zero-order valence-corrected chi connectivity index (χ0v) is 19.5. The summed E-state index contributed by atoms with van der Waals surface area (Å²) in [4.78, 5) is 29.6. The first-order valence-electron chi connectivity index (χ1n) is 10.8. The van der Waals surface area contributed by atoms with E-state index in [0.717, 1.165) is 41.3 Å². The second-order valence-electron chi connectivity index (χ2n) is 8.74. The van der Waals surface area contributed by atoms with Gasteiger partial charge in [0.25, 0.3) is 0 Å². The molecule has 2 aromatic heterocycles. The van der Waals surface area contributed by atoms with Gasteiger partial charge in [-0.05, 0) is 38.0 Å². The Labute approximate surface area is 192 Å². The number of hydrogen-bond acceptors (Lipinski definition) is 6. The van der Waals surface area contributed by atoms with Crippen molar-refractivity contribution in [2.75, 3.05) is 31.6 Å². The maximum atomic E-state index is 12.8. The van der Waals surface area contributed by atoms with E-state index < -0.39 is 5.60 Å². The van der Waals surface area contributed by atoms with Gasteiger partial charge in [-0.1, -0.05) is 11.6 Å². The second kappa shape index (κ2) is 9.03. The van der Waals surface area contributed by atoms with Crippen molar-refractivity contribution in [3.63, 3.8) is 0 Å². The minimum absolute atomic E-state index is 0.0153. The number of likely N-dealkylation sites (N-methyl/N-ethyl adjacent to an activating group) is 1. The number of rotatable bonds is 6. The van der Waals surface area contributed by atoms with Crippen LogP contribution in [0, 0.1) is 6.92 Å². The molecule has 32 heavy (non-hydrogen) atoms. The Hall–Kier alpha value is -2.71. The molecule has 1 fully saturated rings. The standard InChI is InChI=1S/C23H29ClN6O2/c1-16-11-21(26-15-25-16)30-10-4-9-23(32,14-30)13-28(2)22(31)8-7-20-27-18-12-17(24)5-6-19(18)29(20)3/h5-6,11-12,15,32H,4,7-10,13-14H2,1-3H3/t23-/m0/s1. The molecule has 9 heteroatoms. The molecule has 1 N–H and O–H groups in total. The predicted octanol–water partition coefficient (Wildman–Crippen LogP) is 2.75. The van der Waals surface area contributed by atoms with Crippen LogP contribution in [0.3, 0.4) is 0 Å². The van der Waals surface area contributed by atoms with Crippen LogP contribution in [-0.4, -0.2) is 67.7 Å². The van der Waals surface area contributed by atoms with Crippen LogP contribution in [0.2, 0.25) is 5.02 Å². The van der Waals surface area contributed by atoms with Gasteiger partial charge in [-0.3, -0.25) is 4.79 Å². The van der Waals surface area contributed by atoms with Crippen molar-refractivity contribution in [2.45, 2.75) is 38.2 Å². The Kier molecular flexibility index (Phi) is 6.35. The number of β-amino-alcohol motifs (C(OH)–C–C–N with tert-alkyl or cyclic N) is 1. The van der Waals surface area contributed by atoms with Crippen molar-refractivity contribution in [3.05, 3.63) is 47.1 Å². The van der Waals surface area contributed by atoms with E-state index in [-0.39, 0.29) is 12.5 Å². The number of anilines is 1. The van der Waals surface area contributed by atoms with E-state index in [1.807, 2.05) is 42.8 Å². The van der Waals surface area contributed by atoms with Crippen LogP contribution in [0.4, 0.5) is 5.82 Å². The largest absolute Gasteiger partial charge is 0.386 e. The molecule has 1 aliphatic heterocycles. The van der Waals surface area contributed by atoms with Crippen LogP contribution in [0.1, 0.15) is 30.8 Å². The van der Waals surface area contributed by atoms with Crippen molar-refractivity contribution in [2.24, 2.45) is 7.05 Å². The number of piperidine rings is 1. The fraction of sp³-hybridized carbons (Fsp3) is 0.478. The highest BCUT2D eigenvalue weighted by molar-refractivity contribution is 6.31. The number of halogens is 1. The fourth-order valence-electron chi connectivity index (χ4n) is 4.44. The van der Waals surface area contributed by atoms with Gasteiger partial charge in [0, 0.05) is 56.8 Å². The molecule has 0 radical (unpaired) electrons. The van der Waals surface area contributed by atoms with Crippen LogP contribution in [0.5, 0.6) is 0 Å². The average molecular weight is 457 g/mol. The molecule has 0 bridgehead atoms. The summed E-state index contributed by atoms with van der Waals surface area (Å²) >= 11 is 6.07. The second-order valence-corrected chi connectivity index (χ2v) is 9.17. The van der Waals surface area contributed by atoms with E-state index in [2.05, 4.69) is 19.9 Å². The number of aliphatic hydroxyl groups is 1. The summed E-state index contributed by atoms with van der Waals surface area (Å²) in [5.74, 6) is 1.63. The zero-order chi connectivity index (χ0) is 22.9. The van der Waals surface area contributed by atoms with Gasteiger partial charge < -0.3 is 19.5 Å². The van der Waals surface area contributed by atoms with Crippen molar-refractivity contribution in [1.82, 2.24) is 24.4 Å². The molecular weight excluding hydrogens is 428 g/mol. The monoisotopic (exact) mass is 456 g/mol. The number of imidazole rings is 1. The first-order valence-corrected chi connectivity index (χ1v) is 11.2. The highest BCUT2D eigenvalue weighted by Gasteiger charge is 2.36. The smallest absolute Gasteiger partial charge is 0.222 e. The fourth-order valence-corrected chi connectivity index (χ4v) is 4.60. The first-order chi connectivity index (χ1) is 15.2. The maximum Gasteiger partial charge on any atom is 0.222 e. The zero-order valence-electron chi connectivity index (χ0n) is 18.8. The van der Waals surface area contributed by atoms with Gasteiger partial charge in [-0.15, -0.1) is 0 Å². The molecule has 3 heterocycles. The SMILES string of the molecule is Cc1cc(N2CCC[C@](O)(CN(C)C(=O)CCc3nc4cc(Cl)ccc4n3C)C2)ncn1. The number of benzene rings is 1. The van der Waals surface area contributed by atoms with Gasteiger partial charge in [0.15, 0.2) is 0 Å². The molecule has 1 aromatic carbocycles. The Balaban J connectivity index is 1.37. The molecule has 1 atom stereocenters. The van der Waals surface area contributed by atoms with Crippen LogP contribution < -0.4 is 4.90 Å². The van der Waals surface area contributed by atoms with Crippen LogP contribution in [0.25, 0.3) is 11.0 Å². The number of aryl methyl sites for hydroxylation is 3. The lowest BCUT2D eigenvalue weighted by atomic mass is 9.92. The molecule has 0 aliphatic carbocycles. The van der Waals surface area contributed by atoms with Gasteiger partial charge in [0.1, 0.15) is 18.0 Å². The summed E-state index contributed by atoms with van der Waals surface area (Å²) in [6.45, 7) is 3.47. The molecule has 1 saturated heterocycles. The summed E-state index contributed by atoms with van der Waals surface area (Å²) in [6, 6.07) is 7.53. The Morgan fingerprint density at radius 3 is 2.91 bits per heavy atom. The number of hydrogen-bond donors (Lipinski definition) is 1. The minimum atomic E-state index is -0.976. The van der Waals surface area contributed by atoms with Gasteiger partial charge in [-0.2, -0.15) is 0 Å². The van der Waals surface area contributed by atoms with Crippen LogP contribution in [-0.2, 0) is 18.3 Å². The van der Waals surface area contributed by atoms with E-state index >= 15 is 0 Å². The topological polar surface area (TPSA) is 87.4 Å². The molecular formula is C23H29ClN6O2. The number of amides is 1. The molecule has 1 amide bonds. The van der Waals surface area contributed by atoms with E-state index in [9.17, 15) is 9.90 Å². The highest BCUT2D eigenvalue weighted by atomic mass is 35.5. The molecule has 0 saturated carbocycles. The summed E-state index contributed by atoms with van der Waals surface area (Å²) in [6.07, 6.45) is 3.88. The number of nitrogens with zero attached hydrogens (tertiary/aromatic N) is 6. The van der Waals surface area contributed by atoms with Crippen molar-refractivity contribution in [1.29, 1.82) is 0 Å². The molecule has 1 aliphatic rings. The van der Waals surface area contributed by atoms with E-state index in [1.54, 1.807) is 18.3 Å². The number of carbonyl (C=O) groups is 1. The third kappa shape index (κ3) is 4.86. The number of fused-ring (bicyclic) bond motifs is 1. The molecule has 0 unspecified atom stereocenters. The van der Waals surface area contributed by atoms with Crippen LogP contribution in [0.15, 0.2) is 30.6 Å². The lowest BCUT2D eigenvalue weighted by Gasteiger charge is -2.41. The normalized spacial score (nSPS) is 18.8. The van der Waals surface area contributed by atoms with E-state index in [0.29, 0.717) is 30.8 Å². The Bertz CT molecular complexity index is 1130. The summed E-state index contributed by atoms with van der Waals surface area (Å²) in [5, 5.41) is 11.9. The minimum Gasteiger partial charge on any atom is -0.386 e. The molecule has 0 spiro atoms. The third-order valence-corrected chi connectivity index (χ3v) is 6.36. The summed E-state index contributed by atoms with van der Waals surface area (Å²) in [7, 11) is 3.70.